The van der Waals surface area contributed by atoms with Gasteiger partial charge in [-0.05, 0) is 24.6 Å². The van der Waals surface area contributed by atoms with Gasteiger partial charge in [-0.3, -0.25) is 9.67 Å². The quantitative estimate of drug-likeness (QED) is 0.649. The first-order valence-corrected chi connectivity index (χ1v) is 4.49. The van der Waals surface area contributed by atoms with E-state index < -0.39 is 0 Å². The highest BCUT2D eigenvalue weighted by Gasteiger charge is 1.98. The highest BCUT2D eigenvalue weighted by molar-refractivity contribution is 5.70. The third-order valence-electron chi connectivity index (χ3n) is 2.04. The fourth-order valence-corrected chi connectivity index (χ4v) is 1.25. The highest BCUT2D eigenvalue weighted by Crippen LogP contribution is 2.09. The van der Waals surface area contributed by atoms with E-state index in [0.717, 1.165) is 16.8 Å². The lowest BCUT2D eigenvalue weighted by atomic mass is 10.2. The summed E-state index contributed by atoms with van der Waals surface area (Å²) in [7, 11) is 3.63. The molecule has 0 amide bonds. The molecule has 0 fully saturated rings. The monoisotopic (exact) mass is 189 g/mol. The van der Waals surface area contributed by atoms with E-state index in [4.69, 9.17) is 0 Å². The van der Waals surface area contributed by atoms with E-state index in [1.54, 1.807) is 17.8 Å². The van der Waals surface area contributed by atoms with Crippen LogP contribution in [-0.4, -0.2) is 16.8 Å². The van der Waals surface area contributed by atoms with Gasteiger partial charge in [-0.2, -0.15) is 5.10 Å². The van der Waals surface area contributed by atoms with Crippen molar-refractivity contribution >= 4 is 5.57 Å². The number of hydrogen-bond donors (Lipinski definition) is 0. The standard InChI is InChI=1S/C11H15N3/c1-5-9(6-2)10-7-8-11(12-3)14(4)13-10/h5-8H,1H2,2-4H3/b9-6+,12-11?. The average molecular weight is 189 g/mol. The predicted molar refractivity (Wildman–Crippen MR) is 58.5 cm³/mol. The highest BCUT2D eigenvalue weighted by atomic mass is 15.3. The van der Waals surface area contributed by atoms with E-state index in [1.807, 2.05) is 32.2 Å². The fourth-order valence-electron chi connectivity index (χ4n) is 1.25. The lowest BCUT2D eigenvalue weighted by Crippen LogP contribution is -2.20. The largest absolute Gasteiger partial charge is 0.270 e. The Labute approximate surface area is 84.1 Å². The molecule has 74 valence electrons. The molecule has 0 saturated heterocycles. The maximum atomic E-state index is 4.37. The van der Waals surface area contributed by atoms with Gasteiger partial charge in [0.05, 0.1) is 5.69 Å². The molecule has 0 N–H and O–H groups in total. The van der Waals surface area contributed by atoms with Crippen LogP contribution < -0.4 is 5.49 Å². The van der Waals surface area contributed by atoms with Crippen LogP contribution >= 0.6 is 0 Å². The van der Waals surface area contributed by atoms with Gasteiger partial charge in [-0.25, -0.2) is 0 Å². The lowest BCUT2D eigenvalue weighted by Gasteiger charge is -2.03. The van der Waals surface area contributed by atoms with E-state index in [0.29, 0.717) is 0 Å². The Kier molecular flexibility index (Phi) is 3.40. The molecule has 0 radical (unpaired) electrons. The maximum Gasteiger partial charge on any atom is 0.143 e. The zero-order valence-corrected chi connectivity index (χ0v) is 8.86. The van der Waals surface area contributed by atoms with Crippen LogP contribution in [0.2, 0.25) is 0 Å². The zero-order chi connectivity index (χ0) is 10.6. The van der Waals surface area contributed by atoms with Crippen molar-refractivity contribution in [3.05, 3.63) is 42.0 Å². The Bertz CT molecular complexity index is 424. The molecule has 0 aromatic carbocycles. The maximum absolute atomic E-state index is 4.37. The van der Waals surface area contributed by atoms with Crippen molar-refractivity contribution in [2.75, 3.05) is 7.05 Å². The summed E-state index contributed by atoms with van der Waals surface area (Å²) >= 11 is 0. The lowest BCUT2D eigenvalue weighted by molar-refractivity contribution is 0.684. The topological polar surface area (TPSA) is 30.2 Å². The molecule has 1 aromatic rings. The van der Waals surface area contributed by atoms with Crippen molar-refractivity contribution in [2.45, 2.75) is 6.92 Å². The molecule has 0 saturated carbocycles. The summed E-state index contributed by atoms with van der Waals surface area (Å²) in [4.78, 5) is 4.08. The smallest absolute Gasteiger partial charge is 0.143 e. The van der Waals surface area contributed by atoms with Gasteiger partial charge in [0.2, 0.25) is 0 Å². The number of aromatic nitrogens is 2. The third-order valence-corrected chi connectivity index (χ3v) is 2.04. The van der Waals surface area contributed by atoms with Crippen LogP contribution in [0, 0.1) is 0 Å². The Morgan fingerprint density at radius 1 is 1.57 bits per heavy atom. The summed E-state index contributed by atoms with van der Waals surface area (Å²) in [6.45, 7) is 5.71. The summed E-state index contributed by atoms with van der Waals surface area (Å²) < 4.78 is 1.75. The first-order chi connectivity index (χ1) is 6.72. The summed E-state index contributed by atoms with van der Waals surface area (Å²) in [6.07, 6.45) is 3.78. The van der Waals surface area contributed by atoms with Crippen LogP contribution in [0.5, 0.6) is 0 Å². The SMILES string of the molecule is C=C/C(=C\C)c1ccc(=NC)n(C)n1. The van der Waals surface area contributed by atoms with Gasteiger partial charge < -0.3 is 0 Å². The van der Waals surface area contributed by atoms with E-state index in [-0.39, 0.29) is 0 Å². The first-order valence-electron chi connectivity index (χ1n) is 4.49. The molecular formula is C11H15N3. The molecular weight excluding hydrogens is 174 g/mol. The molecule has 0 bridgehead atoms. The van der Waals surface area contributed by atoms with E-state index in [2.05, 4.69) is 16.7 Å². The minimum absolute atomic E-state index is 0.855. The van der Waals surface area contributed by atoms with Crippen molar-refractivity contribution in [1.82, 2.24) is 9.78 Å². The Morgan fingerprint density at radius 2 is 2.29 bits per heavy atom. The van der Waals surface area contributed by atoms with Crippen LogP contribution in [0.15, 0.2) is 35.9 Å². The molecule has 0 atom stereocenters. The normalized spacial score (nSPS) is 13.1. The molecule has 3 heteroatoms. The van der Waals surface area contributed by atoms with Gasteiger partial charge >= 0.3 is 0 Å². The second-order valence-corrected chi connectivity index (χ2v) is 2.87. The van der Waals surface area contributed by atoms with Gasteiger partial charge in [-0.15, -0.1) is 0 Å². The number of rotatable bonds is 2. The molecule has 14 heavy (non-hydrogen) atoms. The van der Waals surface area contributed by atoms with Crippen molar-refractivity contribution in [3.63, 3.8) is 0 Å². The molecule has 3 nitrogen and oxygen atoms in total. The minimum Gasteiger partial charge on any atom is -0.270 e. The molecule has 1 heterocycles. The second-order valence-electron chi connectivity index (χ2n) is 2.87. The predicted octanol–water partition coefficient (Wildman–Crippen LogP) is 1.54. The first kappa shape index (κ1) is 10.4. The van der Waals surface area contributed by atoms with Crippen molar-refractivity contribution in [3.8, 4) is 0 Å². The van der Waals surface area contributed by atoms with E-state index >= 15 is 0 Å². The summed E-state index contributed by atoms with van der Waals surface area (Å²) in [6, 6.07) is 3.88. The van der Waals surface area contributed by atoms with Crippen LogP contribution in [0.1, 0.15) is 12.6 Å². The molecule has 0 aliphatic carbocycles. The van der Waals surface area contributed by atoms with Crippen LogP contribution in [0.4, 0.5) is 0 Å². The Hall–Kier alpha value is -1.64. The summed E-state index contributed by atoms with van der Waals surface area (Å²) in [5.41, 5.74) is 2.80. The molecule has 0 aliphatic rings. The molecule has 1 rings (SSSR count). The van der Waals surface area contributed by atoms with Crippen molar-refractivity contribution in [1.29, 1.82) is 0 Å². The number of aryl methyl sites for hydroxylation is 1. The van der Waals surface area contributed by atoms with Crippen LogP contribution in [0.25, 0.3) is 5.57 Å². The van der Waals surface area contributed by atoms with Crippen LogP contribution in [-0.2, 0) is 7.05 Å². The second kappa shape index (κ2) is 4.56. The molecule has 1 aromatic heterocycles. The fraction of sp³-hybridized carbons (Fsp3) is 0.273. The van der Waals surface area contributed by atoms with Crippen LogP contribution in [0.3, 0.4) is 0 Å². The van der Waals surface area contributed by atoms with Gasteiger partial charge in [0.15, 0.2) is 0 Å². The average Bonchev–Trinajstić information content (AvgIpc) is 2.20. The van der Waals surface area contributed by atoms with Gasteiger partial charge in [0.1, 0.15) is 5.49 Å². The summed E-state index contributed by atoms with van der Waals surface area (Å²) in [5.74, 6) is 0. The number of allylic oxidation sites excluding steroid dienone is 3. The number of hydrogen-bond acceptors (Lipinski definition) is 2. The minimum atomic E-state index is 0.855. The van der Waals surface area contributed by atoms with E-state index in [1.165, 1.54) is 0 Å². The zero-order valence-electron chi connectivity index (χ0n) is 8.86. The summed E-state index contributed by atoms with van der Waals surface area (Å²) in [5, 5.41) is 4.37. The Morgan fingerprint density at radius 3 is 2.71 bits per heavy atom. The molecule has 0 aliphatic heterocycles. The van der Waals surface area contributed by atoms with E-state index in [9.17, 15) is 0 Å². The molecule has 0 unspecified atom stereocenters. The third kappa shape index (κ3) is 1.99. The van der Waals surface area contributed by atoms with Gasteiger partial charge in [0, 0.05) is 14.1 Å². The Balaban J connectivity index is 3.28. The van der Waals surface area contributed by atoms with Gasteiger partial charge in [-0.1, -0.05) is 18.7 Å². The van der Waals surface area contributed by atoms with Crippen molar-refractivity contribution in [2.24, 2.45) is 12.0 Å². The molecule has 0 spiro atoms. The van der Waals surface area contributed by atoms with Crippen molar-refractivity contribution < 1.29 is 0 Å². The van der Waals surface area contributed by atoms with Gasteiger partial charge in [0.25, 0.3) is 0 Å². The number of nitrogens with zero attached hydrogens (tertiary/aromatic N) is 3.